The molecule has 0 heterocycles. The second kappa shape index (κ2) is 9.23. The van der Waals surface area contributed by atoms with E-state index in [1.807, 2.05) is 13.8 Å². The summed E-state index contributed by atoms with van der Waals surface area (Å²) in [6.45, 7) is 7.86. The van der Waals surface area contributed by atoms with Gasteiger partial charge >= 0.3 is 10.0 Å². The molecule has 1 saturated carbocycles. The van der Waals surface area contributed by atoms with E-state index < -0.39 is 10.0 Å². The maximum absolute atomic E-state index is 4.99. The first-order chi connectivity index (χ1) is 5.81. The van der Waals surface area contributed by atoms with Crippen molar-refractivity contribution < 1.29 is 8.85 Å². The van der Waals surface area contributed by atoms with Crippen molar-refractivity contribution in [2.75, 3.05) is 13.2 Å². The summed E-state index contributed by atoms with van der Waals surface area (Å²) in [5, 5.41) is 0. The Morgan fingerprint density at radius 1 is 1.17 bits per heavy atom. The summed E-state index contributed by atoms with van der Waals surface area (Å²) in [7, 11) is -0.589. The lowest BCUT2D eigenvalue weighted by Crippen LogP contribution is -2.04. The van der Waals surface area contributed by atoms with Crippen LogP contribution >= 0.6 is 0 Å². The minimum atomic E-state index is -0.589. The standard InChI is InChI=1S/C5H10.C4H12O2Si/c1-5-3-2-4-5;1-3-5-7-6-4-2/h5H,2-4H2,1H3;3-4,7H2,1-2H3. The Bertz CT molecular complexity index is 80.6. The number of rotatable bonds is 4. The molecule has 0 aliphatic heterocycles. The lowest BCUT2D eigenvalue weighted by molar-refractivity contribution is 0.240. The Morgan fingerprint density at radius 2 is 1.58 bits per heavy atom. The third-order valence-corrected chi connectivity index (χ3v) is 3.12. The second-order valence-electron chi connectivity index (χ2n) is 3.14. The van der Waals surface area contributed by atoms with E-state index in [9.17, 15) is 0 Å². The van der Waals surface area contributed by atoms with Gasteiger partial charge in [0.2, 0.25) is 0 Å². The molecule has 0 N–H and O–H groups in total. The van der Waals surface area contributed by atoms with Crippen LogP contribution in [0.2, 0.25) is 0 Å². The van der Waals surface area contributed by atoms with Gasteiger partial charge in [0.05, 0.1) is 0 Å². The predicted molar refractivity (Wildman–Crippen MR) is 54.8 cm³/mol. The maximum Gasteiger partial charge on any atom is 0.304 e. The van der Waals surface area contributed by atoms with Gasteiger partial charge < -0.3 is 8.85 Å². The van der Waals surface area contributed by atoms with Crippen LogP contribution in [0.15, 0.2) is 0 Å². The largest absolute Gasteiger partial charge is 0.399 e. The minimum Gasteiger partial charge on any atom is -0.399 e. The molecule has 0 radical (unpaired) electrons. The molecule has 1 aliphatic carbocycles. The zero-order chi connectivity index (χ0) is 9.23. The smallest absolute Gasteiger partial charge is 0.304 e. The van der Waals surface area contributed by atoms with Crippen molar-refractivity contribution in [3.8, 4) is 0 Å². The second-order valence-corrected chi connectivity index (χ2v) is 4.19. The maximum atomic E-state index is 4.99. The zero-order valence-electron chi connectivity index (χ0n) is 8.64. The molecule has 0 saturated heterocycles. The molecular weight excluding hydrogens is 168 g/mol. The van der Waals surface area contributed by atoms with Crippen LogP contribution in [0.1, 0.15) is 40.0 Å². The molecule has 0 aromatic carbocycles. The van der Waals surface area contributed by atoms with Gasteiger partial charge in [0.15, 0.2) is 0 Å². The van der Waals surface area contributed by atoms with Gasteiger partial charge in [0.1, 0.15) is 0 Å². The summed E-state index contributed by atoms with van der Waals surface area (Å²) in [5.41, 5.74) is 0. The fourth-order valence-corrected chi connectivity index (χ4v) is 1.29. The van der Waals surface area contributed by atoms with Gasteiger partial charge in [-0.05, 0) is 19.8 Å². The lowest BCUT2D eigenvalue weighted by atomic mass is 9.88. The third-order valence-electron chi connectivity index (χ3n) is 1.97. The van der Waals surface area contributed by atoms with Crippen LogP contribution < -0.4 is 0 Å². The summed E-state index contributed by atoms with van der Waals surface area (Å²) < 4.78 is 9.98. The Kier molecular flexibility index (Phi) is 9.33. The quantitative estimate of drug-likeness (QED) is 0.498. The summed E-state index contributed by atoms with van der Waals surface area (Å²) in [4.78, 5) is 0. The first-order valence-electron chi connectivity index (χ1n) is 4.96. The molecule has 74 valence electrons. The van der Waals surface area contributed by atoms with Gasteiger partial charge in [-0.1, -0.05) is 26.2 Å². The molecule has 0 aromatic rings. The van der Waals surface area contributed by atoms with Crippen molar-refractivity contribution in [2.45, 2.75) is 40.0 Å². The molecule has 0 spiro atoms. The summed E-state index contributed by atoms with van der Waals surface area (Å²) >= 11 is 0. The Hall–Kier alpha value is 0.137. The normalized spacial score (nSPS) is 16.2. The third kappa shape index (κ3) is 8.24. The molecule has 0 atom stereocenters. The van der Waals surface area contributed by atoms with E-state index in [0.717, 1.165) is 19.1 Å². The van der Waals surface area contributed by atoms with Gasteiger partial charge in [-0.2, -0.15) is 0 Å². The van der Waals surface area contributed by atoms with Crippen molar-refractivity contribution in [2.24, 2.45) is 5.92 Å². The van der Waals surface area contributed by atoms with E-state index >= 15 is 0 Å². The molecule has 1 fully saturated rings. The molecule has 3 heteroatoms. The molecule has 0 unspecified atom stereocenters. The van der Waals surface area contributed by atoms with Gasteiger partial charge in [-0.15, -0.1) is 0 Å². The minimum absolute atomic E-state index is 0.589. The number of hydrogen-bond donors (Lipinski definition) is 0. The molecule has 1 rings (SSSR count). The van der Waals surface area contributed by atoms with Crippen LogP contribution in [0.5, 0.6) is 0 Å². The van der Waals surface area contributed by atoms with Crippen LogP contribution in [0, 0.1) is 5.92 Å². The van der Waals surface area contributed by atoms with Crippen LogP contribution in [0.25, 0.3) is 0 Å². The average molecular weight is 190 g/mol. The fourth-order valence-electron chi connectivity index (χ4n) is 0.838. The van der Waals surface area contributed by atoms with E-state index in [4.69, 9.17) is 8.85 Å². The van der Waals surface area contributed by atoms with Crippen molar-refractivity contribution in [1.29, 1.82) is 0 Å². The van der Waals surface area contributed by atoms with E-state index in [-0.39, 0.29) is 0 Å². The van der Waals surface area contributed by atoms with Crippen molar-refractivity contribution in [3.63, 3.8) is 0 Å². The van der Waals surface area contributed by atoms with E-state index in [2.05, 4.69) is 6.92 Å². The van der Waals surface area contributed by atoms with E-state index in [0.29, 0.717) is 0 Å². The van der Waals surface area contributed by atoms with Crippen molar-refractivity contribution in [3.05, 3.63) is 0 Å². The topological polar surface area (TPSA) is 18.5 Å². The summed E-state index contributed by atoms with van der Waals surface area (Å²) in [5.74, 6) is 1.06. The fraction of sp³-hybridized carbons (Fsp3) is 1.00. The first-order valence-corrected chi connectivity index (χ1v) is 6.12. The monoisotopic (exact) mass is 190 g/mol. The highest BCUT2D eigenvalue weighted by Crippen LogP contribution is 2.24. The molecule has 0 aromatic heterocycles. The lowest BCUT2D eigenvalue weighted by Gasteiger charge is -2.18. The van der Waals surface area contributed by atoms with Crippen LogP contribution in [0.4, 0.5) is 0 Å². The van der Waals surface area contributed by atoms with Gasteiger partial charge in [0, 0.05) is 13.2 Å². The van der Waals surface area contributed by atoms with Crippen molar-refractivity contribution >= 4 is 10.0 Å². The SMILES string of the molecule is CC1CCC1.CCO[SiH2]OCC. The van der Waals surface area contributed by atoms with Crippen LogP contribution in [0.3, 0.4) is 0 Å². The molecule has 0 amide bonds. The zero-order valence-corrected chi connectivity index (χ0v) is 10.1. The highest BCUT2D eigenvalue weighted by atomic mass is 28.3. The average Bonchev–Trinajstić information content (AvgIpc) is 2.03. The summed E-state index contributed by atoms with van der Waals surface area (Å²) in [6.07, 6.45) is 4.46. The first kappa shape index (κ1) is 12.1. The highest BCUT2D eigenvalue weighted by Gasteiger charge is 2.09. The van der Waals surface area contributed by atoms with Crippen LogP contribution in [-0.4, -0.2) is 23.2 Å². The highest BCUT2D eigenvalue weighted by molar-refractivity contribution is 6.17. The van der Waals surface area contributed by atoms with E-state index in [1.54, 1.807) is 0 Å². The Labute approximate surface area is 78.7 Å². The molecule has 12 heavy (non-hydrogen) atoms. The Morgan fingerprint density at radius 3 is 1.75 bits per heavy atom. The molecule has 2 nitrogen and oxygen atoms in total. The molecular formula is C9H22O2Si. The number of hydrogen-bond acceptors (Lipinski definition) is 2. The predicted octanol–water partition coefficient (Wildman–Crippen LogP) is 1.86. The van der Waals surface area contributed by atoms with Gasteiger partial charge in [-0.25, -0.2) is 0 Å². The Balaban J connectivity index is 0.000000211. The van der Waals surface area contributed by atoms with E-state index in [1.165, 1.54) is 19.3 Å². The van der Waals surface area contributed by atoms with Crippen LogP contribution in [-0.2, 0) is 8.85 Å². The molecule has 1 aliphatic rings. The van der Waals surface area contributed by atoms with Gasteiger partial charge in [-0.3, -0.25) is 0 Å². The molecule has 0 bridgehead atoms. The summed E-state index contributed by atoms with van der Waals surface area (Å²) in [6, 6.07) is 0. The van der Waals surface area contributed by atoms with Gasteiger partial charge in [0.25, 0.3) is 0 Å². The van der Waals surface area contributed by atoms with Crippen molar-refractivity contribution in [1.82, 2.24) is 0 Å².